The number of ether oxygens (including phenoxy) is 2. The number of aryl methyl sites for hydroxylation is 1. The lowest BCUT2D eigenvalue weighted by Gasteiger charge is -2.27. The number of carbonyl (C=O) groups is 3. The molecule has 0 atom stereocenters. The Balaban J connectivity index is 1.70. The van der Waals surface area contributed by atoms with Gasteiger partial charge in [0, 0.05) is 22.2 Å². The first-order chi connectivity index (χ1) is 19.6. The van der Waals surface area contributed by atoms with Gasteiger partial charge in [-0.15, -0.1) is 6.58 Å². The van der Waals surface area contributed by atoms with Gasteiger partial charge in [0.1, 0.15) is 12.2 Å². The molecular formula is C30H26BrN3O7. The molecule has 1 aliphatic heterocycles. The fourth-order valence-corrected chi connectivity index (χ4v) is 4.44. The van der Waals surface area contributed by atoms with E-state index in [0.29, 0.717) is 46.9 Å². The second-order valence-electron chi connectivity index (χ2n) is 9.04. The van der Waals surface area contributed by atoms with Gasteiger partial charge in [0.25, 0.3) is 17.5 Å². The monoisotopic (exact) mass is 619 g/mol. The Morgan fingerprint density at radius 2 is 1.80 bits per heavy atom. The second-order valence-corrected chi connectivity index (χ2v) is 9.89. The zero-order valence-electron chi connectivity index (χ0n) is 22.3. The summed E-state index contributed by atoms with van der Waals surface area (Å²) in [5.41, 5.74) is 2.76. The van der Waals surface area contributed by atoms with Crippen molar-refractivity contribution in [3.63, 3.8) is 0 Å². The largest absolute Gasteiger partial charge is 0.490 e. The molecule has 4 rings (SSSR count). The molecule has 0 aliphatic carbocycles. The highest BCUT2D eigenvalue weighted by Gasteiger charge is 2.37. The lowest BCUT2D eigenvalue weighted by molar-refractivity contribution is -0.384. The first-order valence-electron chi connectivity index (χ1n) is 12.6. The molecule has 210 valence electrons. The summed E-state index contributed by atoms with van der Waals surface area (Å²) in [7, 11) is 0. The first kappa shape index (κ1) is 29.2. The maximum absolute atomic E-state index is 13.4. The van der Waals surface area contributed by atoms with Crippen molar-refractivity contribution in [2.75, 3.05) is 11.5 Å². The summed E-state index contributed by atoms with van der Waals surface area (Å²) >= 11 is 3.40. The first-order valence-corrected chi connectivity index (χ1v) is 13.4. The Morgan fingerprint density at radius 1 is 1.07 bits per heavy atom. The van der Waals surface area contributed by atoms with Crippen LogP contribution in [0.2, 0.25) is 0 Å². The third-order valence-corrected chi connectivity index (χ3v) is 7.05. The summed E-state index contributed by atoms with van der Waals surface area (Å²) in [6.45, 7) is 7.87. The number of benzene rings is 3. The summed E-state index contributed by atoms with van der Waals surface area (Å²) in [6, 6.07) is 13.6. The second kappa shape index (κ2) is 12.6. The van der Waals surface area contributed by atoms with E-state index in [0.717, 1.165) is 14.9 Å². The van der Waals surface area contributed by atoms with Crippen LogP contribution in [0.5, 0.6) is 11.5 Å². The number of nitrogens with zero attached hydrogens (tertiary/aromatic N) is 2. The number of nitro benzene ring substituents is 1. The van der Waals surface area contributed by atoms with E-state index in [1.54, 1.807) is 55.5 Å². The number of non-ortho nitro benzene ring substituents is 1. The van der Waals surface area contributed by atoms with Crippen LogP contribution in [0.15, 0.2) is 77.3 Å². The molecule has 1 fully saturated rings. The molecule has 0 saturated carbocycles. The van der Waals surface area contributed by atoms with E-state index < -0.39 is 22.8 Å². The normalized spacial score (nSPS) is 14.2. The van der Waals surface area contributed by atoms with Gasteiger partial charge < -0.3 is 9.47 Å². The van der Waals surface area contributed by atoms with Crippen LogP contribution in [0.25, 0.3) is 6.08 Å². The molecule has 4 amide bonds. The van der Waals surface area contributed by atoms with Crippen LogP contribution in [0.1, 0.15) is 29.2 Å². The van der Waals surface area contributed by atoms with Gasteiger partial charge in [0.2, 0.25) is 0 Å². The van der Waals surface area contributed by atoms with Gasteiger partial charge in [-0.2, -0.15) is 0 Å². The standard InChI is InChI=1S/C30H26BrN3O7/c1-4-6-21-14-20(16-26(40-5-2)27(21)41-17-19-7-9-22(10-8-19)34(38)39)15-24-28(35)32-30(37)33(29(24)36)23-11-12-25(31)18(3)13-23/h4,7-16H,1,5-6,17H2,2-3H3,(H,32,35,37)/b24-15+. The van der Waals surface area contributed by atoms with Crippen LogP contribution in [0.4, 0.5) is 16.2 Å². The Kier molecular flexibility index (Phi) is 8.98. The van der Waals surface area contributed by atoms with E-state index >= 15 is 0 Å². The molecular weight excluding hydrogens is 594 g/mol. The highest BCUT2D eigenvalue weighted by molar-refractivity contribution is 9.10. The number of hydrogen-bond donors (Lipinski definition) is 1. The Labute approximate surface area is 244 Å². The molecule has 0 aromatic heterocycles. The Hall–Kier alpha value is -4.77. The van der Waals surface area contributed by atoms with Crippen molar-refractivity contribution in [1.29, 1.82) is 0 Å². The highest BCUT2D eigenvalue weighted by atomic mass is 79.9. The number of anilines is 1. The zero-order chi connectivity index (χ0) is 29.7. The molecule has 0 radical (unpaired) electrons. The lowest BCUT2D eigenvalue weighted by atomic mass is 10.0. The summed E-state index contributed by atoms with van der Waals surface area (Å²) in [6.07, 6.45) is 3.46. The SMILES string of the molecule is C=CCc1cc(/C=C2\C(=O)NC(=O)N(c3ccc(Br)c(C)c3)C2=O)cc(OCC)c1OCc1ccc([N+](=O)[O-])cc1. The third kappa shape index (κ3) is 6.52. The summed E-state index contributed by atoms with van der Waals surface area (Å²) in [5, 5.41) is 13.2. The molecule has 10 nitrogen and oxygen atoms in total. The Bertz CT molecular complexity index is 1580. The van der Waals surface area contributed by atoms with Gasteiger partial charge in [0.15, 0.2) is 11.5 Å². The molecule has 0 bridgehead atoms. The van der Waals surface area contributed by atoms with Crippen LogP contribution in [0, 0.1) is 17.0 Å². The van der Waals surface area contributed by atoms with Crippen LogP contribution in [-0.4, -0.2) is 29.4 Å². The van der Waals surface area contributed by atoms with Crippen LogP contribution >= 0.6 is 15.9 Å². The van der Waals surface area contributed by atoms with Crippen molar-refractivity contribution in [2.24, 2.45) is 0 Å². The fourth-order valence-electron chi connectivity index (χ4n) is 4.20. The number of allylic oxidation sites excluding steroid dienone is 1. The maximum Gasteiger partial charge on any atom is 0.335 e. The molecule has 1 saturated heterocycles. The number of nitro groups is 1. The summed E-state index contributed by atoms with van der Waals surface area (Å²) in [5.74, 6) is -0.761. The molecule has 0 unspecified atom stereocenters. The summed E-state index contributed by atoms with van der Waals surface area (Å²) in [4.78, 5) is 50.2. The van der Waals surface area contributed by atoms with Gasteiger partial charge in [-0.25, -0.2) is 9.69 Å². The van der Waals surface area contributed by atoms with Crippen molar-refractivity contribution in [2.45, 2.75) is 26.9 Å². The van der Waals surface area contributed by atoms with Crippen molar-refractivity contribution in [3.05, 3.63) is 110 Å². The summed E-state index contributed by atoms with van der Waals surface area (Å²) < 4.78 is 12.7. The van der Waals surface area contributed by atoms with Crippen molar-refractivity contribution >= 4 is 51.2 Å². The molecule has 1 heterocycles. The van der Waals surface area contributed by atoms with Crippen molar-refractivity contribution in [1.82, 2.24) is 5.32 Å². The topological polar surface area (TPSA) is 128 Å². The molecule has 3 aromatic carbocycles. The van der Waals surface area contributed by atoms with E-state index in [9.17, 15) is 24.5 Å². The minimum atomic E-state index is -0.837. The average molecular weight is 620 g/mol. The minimum Gasteiger partial charge on any atom is -0.490 e. The molecule has 41 heavy (non-hydrogen) atoms. The average Bonchev–Trinajstić information content (AvgIpc) is 2.93. The number of urea groups is 1. The lowest BCUT2D eigenvalue weighted by Crippen LogP contribution is -2.54. The maximum atomic E-state index is 13.4. The number of nitrogens with one attached hydrogen (secondary N) is 1. The van der Waals surface area contributed by atoms with E-state index in [-0.39, 0.29) is 17.9 Å². The minimum absolute atomic E-state index is 0.0228. The quantitative estimate of drug-likeness (QED) is 0.0963. The van der Waals surface area contributed by atoms with E-state index in [2.05, 4.69) is 27.8 Å². The number of imide groups is 2. The van der Waals surface area contributed by atoms with Gasteiger partial charge >= 0.3 is 6.03 Å². The molecule has 1 N–H and O–H groups in total. The number of barbiturate groups is 1. The number of hydrogen-bond acceptors (Lipinski definition) is 7. The van der Waals surface area contributed by atoms with E-state index in [1.165, 1.54) is 18.2 Å². The number of rotatable bonds is 10. The van der Waals surface area contributed by atoms with Gasteiger partial charge in [-0.3, -0.25) is 25.0 Å². The van der Waals surface area contributed by atoms with Crippen molar-refractivity contribution in [3.8, 4) is 11.5 Å². The number of amides is 4. The van der Waals surface area contributed by atoms with Crippen LogP contribution in [0.3, 0.4) is 0 Å². The number of halogens is 1. The van der Waals surface area contributed by atoms with E-state index in [1.807, 2.05) is 6.92 Å². The fraction of sp³-hybridized carbons (Fsp3) is 0.167. The smallest absolute Gasteiger partial charge is 0.335 e. The van der Waals surface area contributed by atoms with Gasteiger partial charge in [-0.1, -0.05) is 22.0 Å². The molecule has 0 spiro atoms. The van der Waals surface area contributed by atoms with Gasteiger partial charge in [-0.05, 0) is 85.5 Å². The van der Waals surface area contributed by atoms with Crippen LogP contribution in [-0.2, 0) is 22.6 Å². The predicted molar refractivity (Wildman–Crippen MR) is 157 cm³/mol. The van der Waals surface area contributed by atoms with E-state index in [4.69, 9.17) is 9.47 Å². The number of carbonyl (C=O) groups excluding carboxylic acids is 3. The van der Waals surface area contributed by atoms with Crippen molar-refractivity contribution < 1.29 is 28.8 Å². The third-order valence-electron chi connectivity index (χ3n) is 6.16. The van der Waals surface area contributed by atoms with Crippen LogP contribution < -0.4 is 19.7 Å². The zero-order valence-corrected chi connectivity index (χ0v) is 23.9. The highest BCUT2D eigenvalue weighted by Crippen LogP contribution is 2.36. The molecule has 11 heteroatoms. The molecule has 1 aliphatic rings. The van der Waals surface area contributed by atoms with Gasteiger partial charge in [0.05, 0.1) is 17.2 Å². The molecule has 3 aromatic rings. The Morgan fingerprint density at radius 3 is 2.44 bits per heavy atom. The predicted octanol–water partition coefficient (Wildman–Crippen LogP) is 6.04.